The molecule has 0 aromatic heterocycles. The van der Waals surface area contributed by atoms with Gasteiger partial charge in [-0.25, -0.2) is 4.79 Å². The Bertz CT molecular complexity index is 598. The number of nitrogens with one attached hydrogen (secondary N) is 1. The van der Waals surface area contributed by atoms with Gasteiger partial charge < -0.3 is 10.4 Å². The molecule has 1 aromatic rings. The number of carbonyl (C=O) groups excluding carboxylic acids is 1. The van der Waals surface area contributed by atoms with Gasteiger partial charge in [-0.15, -0.1) is 0 Å². The average molecular weight is 314 g/mol. The van der Waals surface area contributed by atoms with Gasteiger partial charge in [0.05, 0.1) is 10.0 Å². The van der Waals surface area contributed by atoms with Crippen molar-refractivity contribution < 1.29 is 14.7 Å². The number of hydrogen-bond donors (Lipinski definition) is 2. The molecule has 1 aromatic carbocycles. The predicted octanol–water partition coefficient (Wildman–Crippen LogP) is 2.83. The minimum atomic E-state index is -1.01. The van der Waals surface area contributed by atoms with E-state index >= 15 is 0 Å². The molecular weight excluding hydrogens is 301 g/mol. The van der Waals surface area contributed by atoms with Gasteiger partial charge in [-0.2, -0.15) is 0 Å². The highest BCUT2D eigenvalue weighted by Crippen LogP contribution is 2.49. The SMILES string of the molecule is O=C(NC1(C(=O)O)CC1)C1CC1c1ccc(Cl)c(Cl)c1. The van der Waals surface area contributed by atoms with Crippen LogP contribution in [0.1, 0.15) is 30.7 Å². The van der Waals surface area contributed by atoms with Gasteiger partial charge in [-0.05, 0) is 42.9 Å². The van der Waals surface area contributed by atoms with Crippen LogP contribution in [0.25, 0.3) is 0 Å². The largest absolute Gasteiger partial charge is 0.480 e. The van der Waals surface area contributed by atoms with Gasteiger partial charge in [-0.3, -0.25) is 4.79 Å². The van der Waals surface area contributed by atoms with Crippen LogP contribution in [0.4, 0.5) is 0 Å². The van der Waals surface area contributed by atoms with E-state index in [2.05, 4.69) is 5.32 Å². The Balaban J connectivity index is 1.65. The van der Waals surface area contributed by atoms with E-state index in [0.29, 0.717) is 22.9 Å². The minimum Gasteiger partial charge on any atom is -0.480 e. The number of rotatable bonds is 4. The summed E-state index contributed by atoms with van der Waals surface area (Å²) in [4.78, 5) is 23.1. The summed E-state index contributed by atoms with van der Waals surface area (Å²) in [6.07, 6.45) is 1.75. The lowest BCUT2D eigenvalue weighted by atomic mass is 10.1. The van der Waals surface area contributed by atoms with Crippen LogP contribution in [-0.4, -0.2) is 22.5 Å². The monoisotopic (exact) mass is 313 g/mol. The predicted molar refractivity (Wildman–Crippen MR) is 75.1 cm³/mol. The third-order valence-electron chi connectivity index (χ3n) is 4.02. The van der Waals surface area contributed by atoms with E-state index in [9.17, 15) is 9.59 Å². The molecule has 2 atom stereocenters. The fraction of sp³-hybridized carbons (Fsp3) is 0.429. The summed E-state index contributed by atoms with van der Waals surface area (Å²) >= 11 is 11.8. The summed E-state index contributed by atoms with van der Waals surface area (Å²) in [5.74, 6) is -1.18. The Hall–Kier alpha value is -1.26. The first-order valence-electron chi connectivity index (χ1n) is 6.43. The van der Waals surface area contributed by atoms with Crippen LogP contribution in [0.3, 0.4) is 0 Å². The molecule has 2 aliphatic carbocycles. The second-order valence-electron chi connectivity index (χ2n) is 5.50. The third-order valence-corrected chi connectivity index (χ3v) is 4.76. The van der Waals surface area contributed by atoms with Crippen molar-refractivity contribution in [1.82, 2.24) is 5.32 Å². The summed E-state index contributed by atoms with van der Waals surface area (Å²) < 4.78 is 0. The molecule has 0 bridgehead atoms. The molecule has 3 rings (SSSR count). The van der Waals surface area contributed by atoms with Gasteiger partial charge in [0.25, 0.3) is 0 Å². The van der Waals surface area contributed by atoms with Gasteiger partial charge in [-0.1, -0.05) is 29.3 Å². The first-order valence-corrected chi connectivity index (χ1v) is 7.19. The van der Waals surface area contributed by atoms with Crippen molar-refractivity contribution in [2.75, 3.05) is 0 Å². The zero-order chi connectivity index (χ0) is 14.5. The topological polar surface area (TPSA) is 66.4 Å². The Labute approximate surface area is 126 Å². The number of carbonyl (C=O) groups is 2. The molecule has 106 valence electrons. The van der Waals surface area contributed by atoms with Crippen molar-refractivity contribution in [3.8, 4) is 0 Å². The number of carboxylic acid groups (broad SMARTS) is 1. The van der Waals surface area contributed by atoms with Gasteiger partial charge in [0.2, 0.25) is 5.91 Å². The van der Waals surface area contributed by atoms with Crippen LogP contribution in [0.2, 0.25) is 10.0 Å². The Kier molecular flexibility index (Phi) is 3.18. The number of benzene rings is 1. The maximum atomic E-state index is 12.1. The third kappa shape index (κ3) is 2.38. The number of aliphatic carboxylic acids is 1. The Morgan fingerprint density at radius 2 is 1.95 bits per heavy atom. The van der Waals surface area contributed by atoms with Crippen LogP contribution in [0.15, 0.2) is 18.2 Å². The molecule has 2 saturated carbocycles. The van der Waals surface area contributed by atoms with Crippen molar-refractivity contribution in [3.63, 3.8) is 0 Å². The number of hydrogen-bond acceptors (Lipinski definition) is 2. The van der Waals surface area contributed by atoms with Crippen LogP contribution < -0.4 is 5.32 Å². The maximum Gasteiger partial charge on any atom is 0.329 e. The quantitative estimate of drug-likeness (QED) is 0.898. The summed E-state index contributed by atoms with van der Waals surface area (Å²) in [6.45, 7) is 0. The lowest BCUT2D eigenvalue weighted by molar-refractivity contribution is -0.143. The van der Waals surface area contributed by atoms with E-state index in [4.69, 9.17) is 28.3 Å². The molecule has 0 spiro atoms. The van der Waals surface area contributed by atoms with Gasteiger partial charge in [0.15, 0.2) is 0 Å². The number of amides is 1. The molecule has 0 saturated heterocycles. The van der Waals surface area contributed by atoms with E-state index in [1.54, 1.807) is 12.1 Å². The van der Waals surface area contributed by atoms with Gasteiger partial charge in [0.1, 0.15) is 5.54 Å². The fourth-order valence-electron chi connectivity index (χ4n) is 2.44. The summed E-state index contributed by atoms with van der Waals surface area (Å²) in [5.41, 5.74) is -0.0401. The second kappa shape index (κ2) is 4.64. The van der Waals surface area contributed by atoms with E-state index < -0.39 is 11.5 Å². The molecule has 2 N–H and O–H groups in total. The number of halogens is 2. The van der Waals surface area contributed by atoms with Crippen molar-refractivity contribution in [3.05, 3.63) is 33.8 Å². The van der Waals surface area contributed by atoms with Crippen molar-refractivity contribution in [1.29, 1.82) is 0 Å². The number of carboxylic acids is 1. The van der Waals surface area contributed by atoms with Crippen LogP contribution in [-0.2, 0) is 9.59 Å². The molecule has 2 aliphatic rings. The molecule has 0 heterocycles. The minimum absolute atomic E-state index is 0.106. The van der Waals surface area contributed by atoms with Crippen LogP contribution >= 0.6 is 23.2 Å². The Morgan fingerprint density at radius 3 is 2.50 bits per heavy atom. The van der Waals surface area contributed by atoms with Gasteiger partial charge >= 0.3 is 5.97 Å². The molecule has 0 aliphatic heterocycles. The highest BCUT2D eigenvalue weighted by Gasteiger charge is 2.54. The average Bonchev–Trinajstić information content (AvgIpc) is 3.24. The zero-order valence-corrected chi connectivity index (χ0v) is 12.0. The first-order chi connectivity index (χ1) is 9.43. The molecule has 1 amide bonds. The first kappa shape index (κ1) is 13.7. The van der Waals surface area contributed by atoms with E-state index in [-0.39, 0.29) is 17.7 Å². The lowest BCUT2D eigenvalue weighted by Crippen LogP contribution is -2.43. The molecule has 2 unspecified atom stereocenters. The summed E-state index contributed by atoms with van der Waals surface area (Å²) in [7, 11) is 0. The van der Waals surface area contributed by atoms with Crippen molar-refractivity contribution in [2.24, 2.45) is 5.92 Å². The van der Waals surface area contributed by atoms with Crippen molar-refractivity contribution >= 4 is 35.1 Å². The second-order valence-corrected chi connectivity index (χ2v) is 6.31. The van der Waals surface area contributed by atoms with Crippen molar-refractivity contribution in [2.45, 2.75) is 30.7 Å². The van der Waals surface area contributed by atoms with Gasteiger partial charge in [0, 0.05) is 5.92 Å². The highest BCUT2D eigenvalue weighted by atomic mass is 35.5. The van der Waals surface area contributed by atoms with E-state index in [0.717, 1.165) is 12.0 Å². The molecule has 0 radical (unpaired) electrons. The smallest absolute Gasteiger partial charge is 0.329 e. The van der Waals surface area contributed by atoms with Crippen LogP contribution in [0, 0.1) is 5.92 Å². The summed E-state index contributed by atoms with van der Waals surface area (Å²) in [6, 6.07) is 5.34. The van der Waals surface area contributed by atoms with E-state index in [1.807, 2.05) is 6.07 Å². The maximum absolute atomic E-state index is 12.1. The normalized spacial score (nSPS) is 25.9. The van der Waals surface area contributed by atoms with Crippen LogP contribution in [0.5, 0.6) is 0 Å². The van der Waals surface area contributed by atoms with E-state index in [1.165, 1.54) is 0 Å². The zero-order valence-electron chi connectivity index (χ0n) is 10.5. The standard InChI is InChI=1S/C14H13Cl2NO3/c15-10-2-1-7(5-11(10)16)8-6-9(8)12(18)17-14(3-4-14)13(19)20/h1-2,5,8-9H,3-4,6H2,(H,17,18)(H,19,20). The highest BCUT2D eigenvalue weighted by molar-refractivity contribution is 6.42. The Morgan fingerprint density at radius 1 is 1.25 bits per heavy atom. The lowest BCUT2D eigenvalue weighted by Gasteiger charge is -2.12. The molecule has 20 heavy (non-hydrogen) atoms. The molecule has 6 heteroatoms. The molecule has 2 fully saturated rings. The fourth-order valence-corrected chi connectivity index (χ4v) is 2.75. The molecule has 4 nitrogen and oxygen atoms in total. The summed E-state index contributed by atoms with van der Waals surface area (Å²) in [5, 5.41) is 12.7. The molecular formula is C14H13Cl2NO3.